The third kappa shape index (κ3) is 1.77. The van der Waals surface area contributed by atoms with Crippen molar-refractivity contribution in [2.24, 2.45) is 0 Å². The summed E-state index contributed by atoms with van der Waals surface area (Å²) in [4.78, 5) is 6.06. The monoisotopic (exact) mass is 126 g/mol. The molecular weight excluding hydrogens is 120 g/mol. The zero-order valence-corrected chi connectivity index (χ0v) is 5.62. The van der Waals surface area contributed by atoms with Crippen LogP contribution in [0.1, 0.15) is 0 Å². The summed E-state index contributed by atoms with van der Waals surface area (Å²) in [5.74, 6) is 0. The maximum absolute atomic E-state index is 6.47. The molecule has 0 fully saturated rings. The molecule has 0 aliphatic rings. The van der Waals surface area contributed by atoms with E-state index in [4.69, 9.17) is 13.1 Å². The fourth-order valence-corrected chi connectivity index (χ4v) is 0.573. The average Bonchev–Trinajstić information content (AvgIpc) is 1.69. The Morgan fingerprint density at radius 2 is 1.62 bits per heavy atom. The van der Waals surface area contributed by atoms with Crippen molar-refractivity contribution in [2.45, 2.75) is 0 Å². The number of rotatable bonds is 0. The molecule has 0 radical (unpaired) electrons. The molecule has 0 spiro atoms. The van der Waals surface area contributed by atoms with Crippen LogP contribution in [0, 0.1) is 13.1 Å². The maximum atomic E-state index is 6.47. The van der Waals surface area contributed by atoms with E-state index in [0.29, 0.717) is 5.11 Å². The smallest absolute Gasteiger partial charge is 0.148 e. The second-order valence-electron chi connectivity index (χ2n) is 1.32. The largest absolute Gasteiger partial charge is 0.549 e. The van der Waals surface area contributed by atoms with Gasteiger partial charge in [0.15, 0.2) is 0 Å². The Bertz CT molecular complexity index is 171. The van der Waals surface area contributed by atoms with Crippen molar-refractivity contribution in [1.82, 2.24) is 0 Å². The van der Waals surface area contributed by atoms with Crippen molar-refractivity contribution in [3.05, 3.63) is 22.8 Å². The molecule has 0 N–H and O–H groups in total. The van der Waals surface area contributed by atoms with Crippen LogP contribution in [0.25, 0.3) is 9.69 Å². The van der Waals surface area contributed by atoms with Crippen LogP contribution in [0.2, 0.25) is 0 Å². The molecule has 0 bridgehead atoms. The van der Waals surface area contributed by atoms with E-state index in [0.717, 1.165) is 0 Å². The Morgan fingerprint density at radius 3 is 1.62 bits per heavy atom. The van der Waals surface area contributed by atoms with E-state index in [-0.39, 0.29) is 10.5 Å². The summed E-state index contributed by atoms with van der Waals surface area (Å²) >= 11 is 0. The van der Waals surface area contributed by atoms with Gasteiger partial charge >= 0.3 is 5.11 Å². The molecule has 0 aliphatic heterocycles. The minimum absolute atomic E-state index is 0.145. The first-order valence-corrected chi connectivity index (χ1v) is 3.96. The van der Waals surface area contributed by atoms with Gasteiger partial charge in [0, 0.05) is 0 Å². The number of hydrogen-bond acceptors (Lipinski definition) is 0. The fraction of sp³-hybridized carbons (Fsp3) is 0.400. The molecule has 2 nitrogen and oxygen atoms in total. The lowest BCUT2D eigenvalue weighted by Crippen LogP contribution is -1.77. The van der Waals surface area contributed by atoms with E-state index < -0.39 is 0 Å². The highest BCUT2D eigenvalue weighted by Crippen LogP contribution is 2.03. The molecule has 0 aromatic carbocycles. The summed E-state index contributed by atoms with van der Waals surface area (Å²) in [6.45, 7) is 12.9. The van der Waals surface area contributed by atoms with Crippen LogP contribution in [0.15, 0.2) is 0 Å². The predicted octanol–water partition coefficient (Wildman–Crippen LogP) is 1.44. The highest BCUT2D eigenvalue weighted by atomic mass is 32.2. The zero-order chi connectivity index (χ0) is 6.57. The molecule has 0 aromatic rings. The lowest BCUT2D eigenvalue weighted by molar-refractivity contribution is 2.22. The molecule has 0 saturated heterocycles. The van der Waals surface area contributed by atoms with Gasteiger partial charge in [-0.2, -0.15) is 0 Å². The minimum Gasteiger partial charge on any atom is -0.148 e. The Labute approximate surface area is 51.7 Å². The van der Waals surface area contributed by atoms with Crippen LogP contribution in [0.5, 0.6) is 0 Å². The first-order chi connectivity index (χ1) is 3.72. The second kappa shape index (κ2) is 3.23. The van der Waals surface area contributed by atoms with Crippen molar-refractivity contribution in [3.8, 4) is 0 Å². The molecule has 42 valence electrons. The molecule has 0 unspecified atom stereocenters. The molecule has 0 aromatic heterocycles. The van der Waals surface area contributed by atoms with Gasteiger partial charge in [-0.3, -0.25) is 0 Å². The van der Waals surface area contributed by atoms with Crippen LogP contribution in [-0.4, -0.2) is 17.6 Å². The molecule has 0 saturated carbocycles. The third-order valence-corrected chi connectivity index (χ3v) is 1.47. The maximum Gasteiger partial charge on any atom is 0.549 e. The topological polar surface area (TPSA) is 8.72 Å². The van der Waals surface area contributed by atoms with Gasteiger partial charge in [0.25, 0.3) is 0 Å². The summed E-state index contributed by atoms with van der Waals surface area (Å²) in [6.07, 6.45) is 3.73. The lowest BCUT2D eigenvalue weighted by atomic mass is 11.2. The standard InChI is InChI=1S/C5H6N2S/c1-6-5(7-2)8(3)4/h3-4H3. The summed E-state index contributed by atoms with van der Waals surface area (Å²) < 4.78 is 0. The van der Waals surface area contributed by atoms with Gasteiger partial charge in [0.2, 0.25) is 0 Å². The Balaban J connectivity index is 4.47. The quantitative estimate of drug-likeness (QED) is 0.343. The SMILES string of the molecule is [C-]#[N+]C([N+]#[C-])=S(C)C. The molecule has 8 heavy (non-hydrogen) atoms. The van der Waals surface area contributed by atoms with Crippen molar-refractivity contribution in [1.29, 1.82) is 0 Å². The highest BCUT2D eigenvalue weighted by molar-refractivity contribution is 8.15. The van der Waals surface area contributed by atoms with Crippen molar-refractivity contribution >= 4 is 15.6 Å². The van der Waals surface area contributed by atoms with Crippen LogP contribution in [0.3, 0.4) is 0 Å². The molecule has 0 amide bonds. The summed E-state index contributed by atoms with van der Waals surface area (Å²) in [7, 11) is -0.145. The number of hydrogen-bond donors (Lipinski definition) is 0. The zero-order valence-electron chi connectivity index (χ0n) is 4.80. The fourth-order valence-electron chi connectivity index (χ4n) is 0.208. The predicted molar refractivity (Wildman–Crippen MR) is 37.7 cm³/mol. The van der Waals surface area contributed by atoms with Gasteiger partial charge in [0.05, 0.1) is 0 Å². The molecule has 0 atom stereocenters. The molecule has 0 aliphatic carbocycles. The van der Waals surface area contributed by atoms with E-state index in [1.54, 1.807) is 0 Å². The van der Waals surface area contributed by atoms with Gasteiger partial charge in [-0.15, -0.1) is 20.2 Å². The first kappa shape index (κ1) is 7.20. The molecule has 3 heteroatoms. The van der Waals surface area contributed by atoms with Gasteiger partial charge in [0.1, 0.15) is 13.1 Å². The van der Waals surface area contributed by atoms with E-state index in [9.17, 15) is 0 Å². The molecule has 0 heterocycles. The first-order valence-electron chi connectivity index (χ1n) is 1.92. The van der Waals surface area contributed by atoms with Gasteiger partial charge < -0.3 is 0 Å². The van der Waals surface area contributed by atoms with E-state index >= 15 is 0 Å². The van der Waals surface area contributed by atoms with Crippen molar-refractivity contribution < 1.29 is 0 Å². The van der Waals surface area contributed by atoms with Gasteiger partial charge in [-0.25, -0.2) is 0 Å². The van der Waals surface area contributed by atoms with Gasteiger partial charge in [-0.1, -0.05) is 0 Å². The summed E-state index contributed by atoms with van der Waals surface area (Å²) in [5, 5.41) is 0.296. The van der Waals surface area contributed by atoms with E-state index in [1.807, 2.05) is 12.5 Å². The van der Waals surface area contributed by atoms with Crippen LogP contribution in [0.4, 0.5) is 0 Å². The number of nitrogens with zero attached hydrogens (tertiary/aromatic N) is 2. The normalized spacial score (nSPS) is 7.62. The third-order valence-electron chi connectivity index (χ3n) is 0.556. The average molecular weight is 126 g/mol. The van der Waals surface area contributed by atoms with Gasteiger partial charge in [-0.05, 0) is 12.5 Å². The van der Waals surface area contributed by atoms with Crippen LogP contribution in [-0.2, 0) is 0 Å². The van der Waals surface area contributed by atoms with Crippen LogP contribution >= 0.6 is 10.5 Å². The summed E-state index contributed by atoms with van der Waals surface area (Å²) in [5.41, 5.74) is 0. The van der Waals surface area contributed by atoms with Crippen LogP contribution < -0.4 is 0 Å². The Hall–Kier alpha value is -0.800. The lowest BCUT2D eigenvalue weighted by Gasteiger charge is -1.77. The van der Waals surface area contributed by atoms with Crippen molar-refractivity contribution in [2.75, 3.05) is 12.5 Å². The summed E-state index contributed by atoms with van der Waals surface area (Å²) in [6, 6.07) is 0. The molecular formula is C5H6N2S. The second-order valence-corrected chi connectivity index (χ2v) is 3.32. The van der Waals surface area contributed by atoms with E-state index in [1.165, 1.54) is 0 Å². The Morgan fingerprint density at radius 1 is 1.25 bits per heavy atom. The Kier molecular flexibility index (Phi) is 2.91. The highest BCUT2D eigenvalue weighted by Gasteiger charge is 2.01. The van der Waals surface area contributed by atoms with E-state index in [2.05, 4.69) is 9.69 Å². The minimum atomic E-state index is -0.145. The molecule has 0 rings (SSSR count). The van der Waals surface area contributed by atoms with Crippen molar-refractivity contribution in [3.63, 3.8) is 0 Å².